The quantitative estimate of drug-likeness (QED) is 0.661. The molecule has 0 aromatic heterocycles. The van der Waals surface area contributed by atoms with E-state index < -0.39 is 18.1 Å². The van der Waals surface area contributed by atoms with Gasteiger partial charge in [-0.05, 0) is 31.9 Å². The van der Waals surface area contributed by atoms with Crippen LogP contribution in [0.4, 0.5) is 0 Å². The van der Waals surface area contributed by atoms with Crippen molar-refractivity contribution in [1.82, 2.24) is 4.90 Å². The second-order valence-electron chi connectivity index (χ2n) is 6.13. The van der Waals surface area contributed by atoms with E-state index in [-0.39, 0.29) is 0 Å². The summed E-state index contributed by atoms with van der Waals surface area (Å²) in [5, 5.41) is 18.9. The Morgan fingerprint density at radius 1 is 1.38 bits per heavy atom. The number of hydrogen-bond acceptors (Lipinski definition) is 5. The van der Waals surface area contributed by atoms with Crippen LogP contribution in [0.1, 0.15) is 18.4 Å². The number of nitrogens with two attached hydrogens (primary N) is 1. The number of likely N-dealkylation sites (N-methyl/N-ethyl adjacent to an activating group) is 1. The maximum absolute atomic E-state index is 10.9. The molecule has 1 heterocycles. The summed E-state index contributed by atoms with van der Waals surface area (Å²) in [7, 11) is 2.03. The molecule has 1 aliphatic rings. The monoisotopic (exact) mass is 331 g/mol. The highest BCUT2D eigenvalue weighted by Gasteiger charge is 2.26. The highest BCUT2D eigenvalue weighted by molar-refractivity contribution is 5.88. The predicted molar refractivity (Wildman–Crippen MR) is 94.0 cm³/mol. The number of nitrogens with zero attached hydrogens (tertiary/aromatic N) is 2. The molecule has 2 atom stereocenters. The standard InChI is InChI=1S/C18H25N3O3/c1-21(11-10-13-6-3-2-4-7-13)12-14-8-5-9-15(20-14)17(22)16(19)18(23)24/h2-4,6-7,9,16-17,22H,5,8,10-12,19H2,1H3,(H,23,24). The summed E-state index contributed by atoms with van der Waals surface area (Å²) in [4.78, 5) is 17.5. The molecule has 0 spiro atoms. The van der Waals surface area contributed by atoms with Crippen LogP contribution < -0.4 is 5.73 Å². The number of carboxylic acids is 1. The molecule has 6 heteroatoms. The molecule has 2 unspecified atom stereocenters. The van der Waals surface area contributed by atoms with Gasteiger partial charge in [-0.15, -0.1) is 0 Å². The van der Waals surface area contributed by atoms with Crippen molar-refractivity contribution in [1.29, 1.82) is 0 Å². The lowest BCUT2D eigenvalue weighted by Crippen LogP contribution is -2.43. The van der Waals surface area contributed by atoms with E-state index in [0.717, 1.165) is 31.5 Å². The van der Waals surface area contributed by atoms with Gasteiger partial charge in [0.1, 0.15) is 12.1 Å². The van der Waals surface area contributed by atoms with E-state index in [4.69, 9.17) is 10.8 Å². The number of rotatable bonds is 8. The Morgan fingerprint density at radius 3 is 2.75 bits per heavy atom. The number of benzene rings is 1. The lowest BCUT2D eigenvalue weighted by atomic mass is 10.0. The van der Waals surface area contributed by atoms with Crippen molar-refractivity contribution in [3.63, 3.8) is 0 Å². The largest absolute Gasteiger partial charge is 0.480 e. The van der Waals surface area contributed by atoms with Crippen LogP contribution in [0.25, 0.3) is 0 Å². The second-order valence-corrected chi connectivity index (χ2v) is 6.13. The SMILES string of the molecule is CN(CCc1ccccc1)CC1=NC(C(O)C(N)C(=O)O)=CCC1. The molecule has 1 aliphatic heterocycles. The summed E-state index contributed by atoms with van der Waals surface area (Å²) in [5.41, 5.74) is 8.08. The van der Waals surface area contributed by atoms with Gasteiger partial charge >= 0.3 is 5.97 Å². The van der Waals surface area contributed by atoms with E-state index in [2.05, 4.69) is 22.0 Å². The van der Waals surface area contributed by atoms with Crippen molar-refractivity contribution in [2.24, 2.45) is 10.7 Å². The van der Waals surface area contributed by atoms with Crippen LogP contribution in [0.3, 0.4) is 0 Å². The molecular weight excluding hydrogens is 306 g/mol. The summed E-state index contributed by atoms with van der Waals surface area (Å²) >= 11 is 0. The van der Waals surface area contributed by atoms with Crippen LogP contribution in [-0.2, 0) is 11.2 Å². The van der Waals surface area contributed by atoms with Crippen molar-refractivity contribution in [2.75, 3.05) is 20.1 Å². The van der Waals surface area contributed by atoms with Crippen LogP contribution in [0.5, 0.6) is 0 Å². The van der Waals surface area contributed by atoms with Gasteiger partial charge in [0.25, 0.3) is 0 Å². The van der Waals surface area contributed by atoms with Crippen LogP contribution >= 0.6 is 0 Å². The fraction of sp³-hybridized carbons (Fsp3) is 0.444. The summed E-state index contributed by atoms with van der Waals surface area (Å²) in [6.45, 7) is 1.60. The highest BCUT2D eigenvalue weighted by atomic mass is 16.4. The summed E-state index contributed by atoms with van der Waals surface area (Å²) in [5.74, 6) is -1.23. The molecule has 1 aromatic carbocycles. The zero-order valence-corrected chi connectivity index (χ0v) is 13.9. The van der Waals surface area contributed by atoms with E-state index in [9.17, 15) is 9.90 Å². The van der Waals surface area contributed by atoms with E-state index in [1.54, 1.807) is 6.08 Å². The van der Waals surface area contributed by atoms with Crippen molar-refractivity contribution in [2.45, 2.75) is 31.4 Å². The molecule has 0 saturated heterocycles. The fourth-order valence-electron chi connectivity index (χ4n) is 2.65. The summed E-state index contributed by atoms with van der Waals surface area (Å²) in [6.07, 6.45) is 3.01. The zero-order chi connectivity index (χ0) is 17.5. The third-order valence-electron chi connectivity index (χ3n) is 4.08. The average Bonchev–Trinajstić information content (AvgIpc) is 2.59. The molecule has 24 heavy (non-hydrogen) atoms. The molecular formula is C18H25N3O3. The minimum Gasteiger partial charge on any atom is -0.480 e. The van der Waals surface area contributed by atoms with E-state index >= 15 is 0 Å². The molecule has 4 N–H and O–H groups in total. The van der Waals surface area contributed by atoms with Crippen molar-refractivity contribution >= 4 is 11.7 Å². The van der Waals surface area contributed by atoms with E-state index in [0.29, 0.717) is 12.2 Å². The van der Waals surface area contributed by atoms with Gasteiger partial charge in [0, 0.05) is 18.8 Å². The van der Waals surface area contributed by atoms with Crippen LogP contribution in [0.2, 0.25) is 0 Å². The maximum Gasteiger partial charge on any atom is 0.323 e. The number of carboxylic acid groups (broad SMARTS) is 1. The van der Waals surface area contributed by atoms with Crippen LogP contribution in [0, 0.1) is 0 Å². The number of aliphatic hydroxyl groups excluding tert-OH is 1. The molecule has 1 aromatic rings. The maximum atomic E-state index is 10.9. The first kappa shape index (κ1) is 18.3. The molecule has 0 saturated carbocycles. The lowest BCUT2D eigenvalue weighted by molar-refractivity contribution is -0.140. The Bertz CT molecular complexity index is 613. The topological polar surface area (TPSA) is 99.1 Å². The average molecular weight is 331 g/mol. The van der Waals surface area contributed by atoms with Gasteiger partial charge in [0.15, 0.2) is 0 Å². The number of carbonyl (C=O) groups is 1. The number of allylic oxidation sites excluding steroid dienone is 1. The molecule has 6 nitrogen and oxygen atoms in total. The summed E-state index contributed by atoms with van der Waals surface area (Å²) < 4.78 is 0. The van der Waals surface area contributed by atoms with Gasteiger partial charge in [-0.25, -0.2) is 0 Å². The number of aliphatic hydroxyl groups is 1. The third-order valence-corrected chi connectivity index (χ3v) is 4.08. The van der Waals surface area contributed by atoms with Crippen molar-refractivity contribution in [3.05, 3.63) is 47.7 Å². The van der Waals surface area contributed by atoms with Gasteiger partial charge in [-0.1, -0.05) is 36.4 Å². The molecule has 0 fully saturated rings. The van der Waals surface area contributed by atoms with Crippen molar-refractivity contribution in [3.8, 4) is 0 Å². The molecule has 0 radical (unpaired) electrons. The third kappa shape index (κ3) is 5.26. The lowest BCUT2D eigenvalue weighted by Gasteiger charge is -2.23. The highest BCUT2D eigenvalue weighted by Crippen LogP contribution is 2.17. The van der Waals surface area contributed by atoms with Crippen molar-refractivity contribution < 1.29 is 15.0 Å². The Hall–Kier alpha value is -2.02. The number of aliphatic imine (C=N–C) groups is 1. The minimum absolute atomic E-state index is 0.364. The Kier molecular flexibility index (Phi) is 6.66. The Morgan fingerprint density at radius 2 is 2.08 bits per heavy atom. The molecule has 130 valence electrons. The van der Waals surface area contributed by atoms with Gasteiger partial charge in [-0.3, -0.25) is 9.79 Å². The van der Waals surface area contributed by atoms with E-state index in [1.165, 1.54) is 5.56 Å². The molecule has 2 rings (SSSR count). The smallest absolute Gasteiger partial charge is 0.323 e. The van der Waals surface area contributed by atoms with Gasteiger partial charge < -0.3 is 20.8 Å². The first-order chi connectivity index (χ1) is 11.5. The predicted octanol–water partition coefficient (Wildman–Crippen LogP) is 1.05. The van der Waals surface area contributed by atoms with Gasteiger partial charge in [0.2, 0.25) is 0 Å². The fourth-order valence-corrected chi connectivity index (χ4v) is 2.65. The Labute approximate surface area is 142 Å². The van der Waals surface area contributed by atoms with Gasteiger partial charge in [0.05, 0.1) is 5.70 Å². The zero-order valence-electron chi connectivity index (χ0n) is 13.9. The number of hydrogen-bond donors (Lipinski definition) is 3. The Balaban J connectivity index is 1.89. The van der Waals surface area contributed by atoms with Gasteiger partial charge in [-0.2, -0.15) is 0 Å². The van der Waals surface area contributed by atoms with E-state index in [1.807, 2.05) is 25.2 Å². The summed E-state index contributed by atoms with van der Waals surface area (Å²) in [6, 6.07) is 8.93. The first-order valence-corrected chi connectivity index (χ1v) is 8.13. The molecule has 0 bridgehead atoms. The van der Waals surface area contributed by atoms with Crippen LogP contribution in [0.15, 0.2) is 47.1 Å². The first-order valence-electron chi connectivity index (χ1n) is 8.13. The van der Waals surface area contributed by atoms with Crippen LogP contribution in [-0.4, -0.2) is 59.1 Å². The molecule has 0 amide bonds. The second kappa shape index (κ2) is 8.73. The minimum atomic E-state index is -1.35. The normalized spacial score (nSPS) is 17.2. The molecule has 0 aliphatic carbocycles. The number of aliphatic carboxylic acids is 1.